The van der Waals surface area contributed by atoms with Crippen LogP contribution >= 0.6 is 0 Å². The maximum atomic E-state index is 12.2. The molecule has 0 atom stereocenters. The van der Waals surface area contributed by atoms with E-state index >= 15 is 0 Å². The lowest BCUT2D eigenvalue weighted by molar-refractivity contribution is -0.123. The number of hydrogen-bond acceptors (Lipinski definition) is 2. The van der Waals surface area contributed by atoms with E-state index in [9.17, 15) is 9.59 Å². The molecule has 0 bridgehead atoms. The molecule has 1 aromatic carbocycles. The largest absolute Gasteiger partial charge is 0.322 e. The van der Waals surface area contributed by atoms with Gasteiger partial charge in [0.1, 0.15) is 0 Å². The van der Waals surface area contributed by atoms with Crippen molar-refractivity contribution < 1.29 is 9.59 Å². The smallest absolute Gasteiger partial charge is 0.227 e. The van der Waals surface area contributed by atoms with Crippen molar-refractivity contribution in [3.8, 4) is 0 Å². The molecule has 0 saturated carbocycles. The van der Waals surface area contributed by atoms with Crippen molar-refractivity contribution in [2.75, 3.05) is 0 Å². The average molecular weight is 241 g/mol. The van der Waals surface area contributed by atoms with Crippen molar-refractivity contribution in [3.63, 3.8) is 0 Å². The molecule has 0 fully saturated rings. The van der Waals surface area contributed by atoms with Crippen LogP contribution in [0.25, 0.3) is 5.57 Å². The van der Waals surface area contributed by atoms with Crippen molar-refractivity contribution in [3.05, 3.63) is 53.7 Å². The maximum absolute atomic E-state index is 12.2. The van der Waals surface area contributed by atoms with Crippen molar-refractivity contribution in [1.82, 2.24) is 5.32 Å². The maximum Gasteiger partial charge on any atom is 0.227 e. The van der Waals surface area contributed by atoms with E-state index in [0.29, 0.717) is 16.8 Å². The summed E-state index contributed by atoms with van der Waals surface area (Å²) in [6.07, 6.45) is 1.61. The quantitative estimate of drug-likeness (QED) is 0.884. The minimum atomic E-state index is -0.167. The van der Waals surface area contributed by atoms with Gasteiger partial charge in [-0.15, -0.1) is 0 Å². The predicted molar refractivity (Wildman–Crippen MR) is 70.9 cm³/mol. The molecule has 18 heavy (non-hydrogen) atoms. The zero-order valence-electron chi connectivity index (χ0n) is 10.5. The van der Waals surface area contributed by atoms with E-state index in [2.05, 4.69) is 11.9 Å². The topological polar surface area (TPSA) is 46.2 Å². The van der Waals surface area contributed by atoms with Gasteiger partial charge in [0.05, 0.1) is 5.70 Å². The highest BCUT2D eigenvalue weighted by atomic mass is 16.2. The fourth-order valence-corrected chi connectivity index (χ4v) is 1.91. The third kappa shape index (κ3) is 1.88. The summed E-state index contributed by atoms with van der Waals surface area (Å²) in [5, 5.41) is 2.70. The Morgan fingerprint density at radius 2 is 1.89 bits per heavy atom. The van der Waals surface area contributed by atoms with Gasteiger partial charge in [-0.2, -0.15) is 0 Å². The number of carbonyl (C=O) groups is 2. The highest BCUT2D eigenvalue weighted by Gasteiger charge is 2.29. The van der Waals surface area contributed by atoms with E-state index in [1.54, 1.807) is 26.0 Å². The molecule has 1 N–H and O–H groups in total. The molecule has 1 aliphatic carbocycles. The zero-order chi connectivity index (χ0) is 13.3. The number of allylic oxidation sites excluding steroid dienone is 3. The van der Waals surface area contributed by atoms with E-state index in [1.807, 2.05) is 18.2 Å². The summed E-state index contributed by atoms with van der Waals surface area (Å²) in [6, 6.07) is 7.29. The van der Waals surface area contributed by atoms with Crippen LogP contribution in [0.4, 0.5) is 0 Å². The van der Waals surface area contributed by atoms with Crippen LogP contribution in [0.3, 0.4) is 0 Å². The Bertz CT molecular complexity index is 568. The second kappa shape index (κ2) is 4.61. The van der Waals surface area contributed by atoms with Crippen LogP contribution in [0.2, 0.25) is 0 Å². The Morgan fingerprint density at radius 1 is 1.28 bits per heavy atom. The Hall–Kier alpha value is -2.16. The number of hydrogen-bond donors (Lipinski definition) is 1. The van der Waals surface area contributed by atoms with Crippen LogP contribution in [0.15, 0.2) is 42.6 Å². The lowest BCUT2D eigenvalue weighted by Crippen LogP contribution is -2.29. The average Bonchev–Trinajstić information content (AvgIpc) is 2.63. The van der Waals surface area contributed by atoms with Crippen molar-refractivity contribution >= 4 is 17.3 Å². The summed E-state index contributed by atoms with van der Waals surface area (Å²) in [5.41, 5.74) is 2.48. The molecule has 0 spiro atoms. The number of rotatable bonds is 3. The number of carbonyl (C=O) groups excluding carboxylic acids is 2. The number of fused-ring (bicyclic) bond motifs is 1. The molecule has 92 valence electrons. The molecular weight excluding hydrogens is 226 g/mol. The molecule has 0 heterocycles. The van der Waals surface area contributed by atoms with Gasteiger partial charge in [-0.05, 0) is 5.56 Å². The molecule has 0 saturated heterocycles. The Morgan fingerprint density at radius 3 is 2.44 bits per heavy atom. The number of amides is 1. The summed E-state index contributed by atoms with van der Waals surface area (Å²) in [4.78, 5) is 23.9. The summed E-state index contributed by atoms with van der Waals surface area (Å²) in [6.45, 7) is 7.29. The third-order valence-corrected chi connectivity index (χ3v) is 2.93. The van der Waals surface area contributed by atoms with Gasteiger partial charge in [0, 0.05) is 17.1 Å². The summed E-state index contributed by atoms with van der Waals surface area (Å²) >= 11 is 0. The molecule has 0 radical (unpaired) electrons. The predicted octanol–water partition coefficient (Wildman–Crippen LogP) is 2.55. The summed E-state index contributed by atoms with van der Waals surface area (Å²) in [7, 11) is 0. The minimum absolute atomic E-state index is 0.144. The number of ketones is 1. The van der Waals surface area contributed by atoms with E-state index in [-0.39, 0.29) is 17.6 Å². The highest BCUT2D eigenvalue weighted by molar-refractivity contribution is 6.22. The van der Waals surface area contributed by atoms with Crippen molar-refractivity contribution in [2.45, 2.75) is 13.8 Å². The molecule has 3 heteroatoms. The first kappa shape index (κ1) is 12.3. The summed E-state index contributed by atoms with van der Waals surface area (Å²) in [5.74, 6) is -0.472. The van der Waals surface area contributed by atoms with Crippen molar-refractivity contribution in [2.24, 2.45) is 5.92 Å². The lowest BCUT2D eigenvalue weighted by atomic mass is 10.1. The number of Topliss-reactive ketones (excluding diaryl/α,β-unsaturated/α-hetero) is 1. The number of nitrogens with one attached hydrogen (secondary N) is 1. The van der Waals surface area contributed by atoms with E-state index in [0.717, 1.165) is 5.56 Å². The normalized spacial score (nSPS) is 13.8. The standard InChI is InChI=1S/C15H15NO2/c1-4-10-11-7-5-6-8-12(11)14(17)13(10)16-15(18)9(2)3/h4-9H,1H2,2-3H3,(H,16,17,18). The van der Waals surface area contributed by atoms with Gasteiger partial charge in [0.2, 0.25) is 11.7 Å². The van der Waals surface area contributed by atoms with Gasteiger partial charge in [-0.1, -0.05) is 50.8 Å². The molecule has 1 aromatic rings. The van der Waals surface area contributed by atoms with Crippen LogP contribution in [0.1, 0.15) is 29.8 Å². The van der Waals surface area contributed by atoms with Crippen LogP contribution in [-0.4, -0.2) is 11.7 Å². The van der Waals surface area contributed by atoms with Crippen LogP contribution < -0.4 is 5.32 Å². The minimum Gasteiger partial charge on any atom is -0.322 e. The molecule has 0 aliphatic heterocycles. The molecular formula is C15H15NO2. The Kier molecular flexibility index (Phi) is 3.15. The Labute approximate surface area is 106 Å². The first-order valence-electron chi connectivity index (χ1n) is 5.88. The van der Waals surface area contributed by atoms with E-state index in [4.69, 9.17) is 0 Å². The van der Waals surface area contributed by atoms with Crippen LogP contribution in [-0.2, 0) is 4.79 Å². The van der Waals surface area contributed by atoms with Crippen LogP contribution in [0.5, 0.6) is 0 Å². The Balaban J connectivity index is 2.45. The molecule has 1 amide bonds. The van der Waals surface area contributed by atoms with Gasteiger partial charge in [0.15, 0.2) is 0 Å². The molecule has 1 aliphatic rings. The van der Waals surface area contributed by atoms with E-state index < -0.39 is 0 Å². The van der Waals surface area contributed by atoms with Gasteiger partial charge >= 0.3 is 0 Å². The molecule has 3 nitrogen and oxygen atoms in total. The van der Waals surface area contributed by atoms with E-state index in [1.165, 1.54) is 0 Å². The first-order chi connectivity index (χ1) is 8.56. The van der Waals surface area contributed by atoms with Gasteiger partial charge in [0.25, 0.3) is 0 Å². The fourth-order valence-electron chi connectivity index (χ4n) is 1.91. The van der Waals surface area contributed by atoms with Crippen molar-refractivity contribution in [1.29, 1.82) is 0 Å². The van der Waals surface area contributed by atoms with Crippen LogP contribution in [0, 0.1) is 5.92 Å². The lowest BCUT2D eigenvalue weighted by Gasteiger charge is -2.08. The molecule has 0 unspecified atom stereocenters. The zero-order valence-corrected chi connectivity index (χ0v) is 10.5. The highest BCUT2D eigenvalue weighted by Crippen LogP contribution is 2.32. The second-order valence-electron chi connectivity index (χ2n) is 4.51. The van der Waals surface area contributed by atoms with Gasteiger partial charge < -0.3 is 5.32 Å². The molecule has 0 aromatic heterocycles. The summed E-state index contributed by atoms with van der Waals surface area (Å²) < 4.78 is 0. The fraction of sp³-hybridized carbons (Fsp3) is 0.200. The second-order valence-corrected chi connectivity index (χ2v) is 4.51. The monoisotopic (exact) mass is 241 g/mol. The third-order valence-electron chi connectivity index (χ3n) is 2.93. The SMILES string of the molecule is C=CC1=C(NC(=O)C(C)C)C(=O)c2ccccc21. The number of benzene rings is 1. The van der Waals surface area contributed by atoms with Gasteiger partial charge in [-0.3, -0.25) is 9.59 Å². The molecule has 2 rings (SSSR count). The first-order valence-corrected chi connectivity index (χ1v) is 5.88. The van der Waals surface area contributed by atoms with Gasteiger partial charge in [-0.25, -0.2) is 0 Å².